The van der Waals surface area contributed by atoms with Gasteiger partial charge in [-0.1, -0.05) is 0 Å². The molecule has 3 aromatic rings. The summed E-state index contributed by atoms with van der Waals surface area (Å²) in [5, 5.41) is 4.31. The molecule has 9 heteroatoms. The van der Waals surface area contributed by atoms with Crippen LogP contribution in [0.3, 0.4) is 0 Å². The molecule has 5 rings (SSSR count). The molecule has 1 saturated heterocycles. The zero-order valence-corrected chi connectivity index (χ0v) is 17.5. The van der Waals surface area contributed by atoms with Gasteiger partial charge in [0.15, 0.2) is 5.82 Å². The van der Waals surface area contributed by atoms with Crippen molar-refractivity contribution in [3.8, 4) is 11.4 Å². The third-order valence-corrected chi connectivity index (χ3v) is 5.58. The van der Waals surface area contributed by atoms with Crippen LogP contribution in [-0.4, -0.2) is 49.9 Å². The summed E-state index contributed by atoms with van der Waals surface area (Å²) in [6, 6.07) is 5.65. The third-order valence-electron chi connectivity index (χ3n) is 5.58. The lowest BCUT2D eigenvalue weighted by atomic mass is 10.1. The fourth-order valence-electron chi connectivity index (χ4n) is 4.53. The van der Waals surface area contributed by atoms with Crippen LogP contribution < -0.4 is 4.90 Å². The van der Waals surface area contributed by atoms with Crippen molar-refractivity contribution in [1.29, 1.82) is 0 Å². The van der Waals surface area contributed by atoms with Crippen molar-refractivity contribution in [2.75, 3.05) is 18.0 Å². The van der Waals surface area contributed by atoms with Crippen molar-refractivity contribution in [3.05, 3.63) is 59.6 Å². The molecule has 2 aromatic heterocycles. The molecule has 1 aromatic carbocycles. The van der Waals surface area contributed by atoms with Crippen LogP contribution >= 0.6 is 0 Å². The first-order chi connectivity index (χ1) is 14.9. The summed E-state index contributed by atoms with van der Waals surface area (Å²) >= 11 is 0. The molecular formula is C22H24F2N6O. The van der Waals surface area contributed by atoms with E-state index in [0.717, 1.165) is 48.5 Å². The van der Waals surface area contributed by atoms with Gasteiger partial charge in [-0.3, -0.25) is 4.90 Å². The quantitative estimate of drug-likeness (QED) is 0.639. The fourth-order valence-corrected chi connectivity index (χ4v) is 4.53. The minimum atomic E-state index is -0.592. The van der Waals surface area contributed by atoms with Gasteiger partial charge in [-0.2, -0.15) is 5.10 Å². The number of pyridine rings is 1. The predicted octanol–water partition coefficient (Wildman–Crippen LogP) is 3.21. The molecule has 0 radical (unpaired) electrons. The maximum absolute atomic E-state index is 13.7. The van der Waals surface area contributed by atoms with E-state index in [2.05, 4.69) is 34.9 Å². The second kappa shape index (κ2) is 7.97. The van der Waals surface area contributed by atoms with Gasteiger partial charge < -0.3 is 9.64 Å². The van der Waals surface area contributed by atoms with Gasteiger partial charge in [-0.15, -0.1) is 0 Å². The van der Waals surface area contributed by atoms with Gasteiger partial charge in [-0.05, 0) is 43.2 Å². The largest absolute Gasteiger partial charge is 0.373 e. The Bertz CT molecular complexity index is 1070. The minimum absolute atomic E-state index is 0.194. The number of fused-ring (bicyclic) bond motifs is 3. The molecule has 7 nitrogen and oxygen atoms in total. The lowest BCUT2D eigenvalue weighted by Crippen LogP contribution is -2.44. The van der Waals surface area contributed by atoms with Gasteiger partial charge in [0, 0.05) is 38.4 Å². The predicted molar refractivity (Wildman–Crippen MR) is 111 cm³/mol. The monoisotopic (exact) mass is 426 g/mol. The van der Waals surface area contributed by atoms with Crippen LogP contribution in [0.25, 0.3) is 11.4 Å². The first kappa shape index (κ1) is 20.0. The molecule has 4 heterocycles. The number of halogens is 2. The van der Waals surface area contributed by atoms with E-state index in [0.29, 0.717) is 18.8 Å². The molecular weight excluding hydrogens is 402 g/mol. The maximum Gasteiger partial charge on any atom is 0.163 e. The zero-order valence-electron chi connectivity index (χ0n) is 17.5. The van der Waals surface area contributed by atoms with E-state index >= 15 is 0 Å². The highest BCUT2D eigenvalue weighted by Gasteiger charge is 2.27. The third kappa shape index (κ3) is 4.15. The number of hydrogen-bond acceptors (Lipinski definition) is 6. The number of morpholine rings is 1. The smallest absolute Gasteiger partial charge is 0.163 e. The summed E-state index contributed by atoms with van der Waals surface area (Å²) in [6.45, 7) is 7.40. The molecule has 31 heavy (non-hydrogen) atoms. The van der Waals surface area contributed by atoms with Crippen LogP contribution in [0.2, 0.25) is 0 Å². The van der Waals surface area contributed by atoms with Crippen LogP contribution in [0.15, 0.2) is 36.8 Å². The minimum Gasteiger partial charge on any atom is -0.373 e. The van der Waals surface area contributed by atoms with Gasteiger partial charge in [0.1, 0.15) is 30.4 Å². The van der Waals surface area contributed by atoms with E-state index in [4.69, 9.17) is 9.72 Å². The zero-order chi connectivity index (χ0) is 21.5. The van der Waals surface area contributed by atoms with Crippen molar-refractivity contribution in [2.24, 2.45) is 0 Å². The van der Waals surface area contributed by atoms with Crippen molar-refractivity contribution >= 4 is 5.82 Å². The summed E-state index contributed by atoms with van der Waals surface area (Å²) in [6.07, 6.45) is 3.77. The summed E-state index contributed by atoms with van der Waals surface area (Å²) < 4.78 is 35.0. The van der Waals surface area contributed by atoms with E-state index in [-0.39, 0.29) is 12.2 Å². The Morgan fingerprint density at radius 1 is 0.968 bits per heavy atom. The highest BCUT2D eigenvalue weighted by atomic mass is 19.1. The molecule has 2 aliphatic heterocycles. The second-order valence-electron chi connectivity index (χ2n) is 8.37. The lowest BCUT2D eigenvalue weighted by molar-refractivity contribution is -0.0705. The van der Waals surface area contributed by atoms with Gasteiger partial charge >= 0.3 is 0 Å². The van der Waals surface area contributed by atoms with Crippen molar-refractivity contribution in [3.63, 3.8) is 0 Å². The number of nitrogens with zero attached hydrogens (tertiary/aromatic N) is 6. The Kier molecular flexibility index (Phi) is 5.15. The lowest BCUT2D eigenvalue weighted by Gasteiger charge is -2.35. The Labute approximate surface area is 179 Å². The van der Waals surface area contributed by atoms with Gasteiger partial charge in [0.25, 0.3) is 0 Å². The number of hydrogen-bond donors (Lipinski definition) is 0. The van der Waals surface area contributed by atoms with Gasteiger partial charge in [0.2, 0.25) is 0 Å². The maximum atomic E-state index is 13.7. The standard InChI is InChI=1S/C22H24F2N6O/c1-14-8-28(9-15(2)31-14)10-17-5-20-21(25-7-17)29(13-30-22(20)26-12-27-30)11-16-3-18(23)6-19(24)4-16/h3-7,12,14-15H,8-11,13H2,1-2H3/t14-,15+. The summed E-state index contributed by atoms with van der Waals surface area (Å²) in [5.74, 6) is 0.296. The van der Waals surface area contributed by atoms with Crippen LogP contribution in [-0.2, 0) is 24.5 Å². The molecule has 2 atom stereocenters. The SMILES string of the molecule is C[C@@H]1CN(Cc2cnc3c(c2)-c2ncnn2CN3Cc2cc(F)cc(F)c2)C[C@H](C)O1. The molecule has 0 unspecified atom stereocenters. The highest BCUT2D eigenvalue weighted by Crippen LogP contribution is 2.34. The van der Waals surface area contributed by atoms with E-state index < -0.39 is 11.6 Å². The Morgan fingerprint density at radius 2 is 1.71 bits per heavy atom. The molecule has 162 valence electrons. The van der Waals surface area contributed by atoms with Crippen molar-refractivity contribution in [2.45, 2.75) is 45.8 Å². The fraction of sp³-hybridized carbons (Fsp3) is 0.409. The van der Waals surface area contributed by atoms with E-state index in [9.17, 15) is 8.78 Å². The molecule has 0 N–H and O–H groups in total. The van der Waals surface area contributed by atoms with Crippen LogP contribution in [0.4, 0.5) is 14.6 Å². The normalized spacial score (nSPS) is 21.1. The van der Waals surface area contributed by atoms with E-state index in [1.807, 2.05) is 11.1 Å². The summed E-state index contributed by atoms with van der Waals surface area (Å²) in [4.78, 5) is 13.5. The Balaban J connectivity index is 1.44. The molecule has 0 spiro atoms. The second-order valence-corrected chi connectivity index (χ2v) is 8.37. The Hall–Kier alpha value is -2.91. The number of anilines is 1. The molecule has 0 aliphatic carbocycles. The molecule has 0 saturated carbocycles. The number of aromatic nitrogens is 4. The average molecular weight is 426 g/mol. The van der Waals surface area contributed by atoms with Crippen LogP contribution in [0, 0.1) is 11.6 Å². The number of rotatable bonds is 4. The first-order valence-corrected chi connectivity index (χ1v) is 10.4. The molecule has 0 amide bonds. The molecule has 0 bridgehead atoms. The average Bonchev–Trinajstić information content (AvgIpc) is 3.15. The van der Waals surface area contributed by atoms with E-state index in [1.54, 1.807) is 4.68 Å². The van der Waals surface area contributed by atoms with Crippen molar-refractivity contribution < 1.29 is 13.5 Å². The molecule has 1 fully saturated rings. The van der Waals surface area contributed by atoms with Gasteiger partial charge in [-0.25, -0.2) is 23.4 Å². The Morgan fingerprint density at radius 3 is 2.45 bits per heavy atom. The summed E-state index contributed by atoms with van der Waals surface area (Å²) in [7, 11) is 0. The van der Waals surface area contributed by atoms with Crippen LogP contribution in [0.5, 0.6) is 0 Å². The molecule has 2 aliphatic rings. The summed E-state index contributed by atoms with van der Waals surface area (Å²) in [5.41, 5.74) is 2.48. The van der Waals surface area contributed by atoms with Crippen LogP contribution in [0.1, 0.15) is 25.0 Å². The van der Waals surface area contributed by atoms with Gasteiger partial charge in [0.05, 0.1) is 17.8 Å². The van der Waals surface area contributed by atoms with E-state index in [1.165, 1.54) is 18.5 Å². The van der Waals surface area contributed by atoms with Crippen molar-refractivity contribution in [1.82, 2.24) is 24.6 Å². The highest BCUT2D eigenvalue weighted by molar-refractivity contribution is 5.73. The number of benzene rings is 1. The first-order valence-electron chi connectivity index (χ1n) is 10.4. The number of ether oxygens (including phenoxy) is 1. The topological polar surface area (TPSA) is 59.3 Å².